The molecule has 0 bridgehead atoms. The molecule has 6 heteroatoms. The Kier molecular flexibility index (Phi) is 53.2. The van der Waals surface area contributed by atoms with Gasteiger partial charge in [-0.2, -0.15) is 0 Å². The molecule has 0 N–H and O–H groups in total. The fourth-order valence-corrected chi connectivity index (χ4v) is 8.49. The van der Waals surface area contributed by atoms with E-state index in [1.54, 1.807) is 0 Å². The van der Waals surface area contributed by atoms with Gasteiger partial charge in [0, 0.05) is 19.3 Å². The molecule has 66 heavy (non-hydrogen) atoms. The lowest BCUT2D eigenvalue weighted by molar-refractivity contribution is -0.167. The molecule has 386 valence electrons. The molecule has 0 heterocycles. The molecular formula is C60H110O6. The Bertz CT molecular complexity index is 1110. The van der Waals surface area contributed by atoms with E-state index in [9.17, 15) is 14.4 Å². The lowest BCUT2D eigenvalue weighted by Crippen LogP contribution is -2.30. The molecule has 1 unspecified atom stereocenters. The van der Waals surface area contributed by atoms with Crippen LogP contribution in [0, 0.1) is 0 Å². The summed E-state index contributed by atoms with van der Waals surface area (Å²) in [6.45, 7) is 6.63. The van der Waals surface area contributed by atoms with Gasteiger partial charge in [0.05, 0.1) is 0 Å². The molecule has 0 saturated heterocycles. The maximum absolute atomic E-state index is 12.8. The van der Waals surface area contributed by atoms with Gasteiger partial charge in [-0.1, -0.05) is 256 Å². The Balaban J connectivity index is 4.34. The highest BCUT2D eigenvalue weighted by molar-refractivity contribution is 5.71. The Morgan fingerprint density at radius 1 is 0.303 bits per heavy atom. The number of unbranched alkanes of at least 4 members (excludes halogenated alkanes) is 37. The summed E-state index contributed by atoms with van der Waals surface area (Å²) < 4.78 is 16.9. The number of hydrogen-bond donors (Lipinski definition) is 0. The second-order valence-corrected chi connectivity index (χ2v) is 19.6. The van der Waals surface area contributed by atoms with Crippen molar-refractivity contribution in [2.24, 2.45) is 0 Å². The van der Waals surface area contributed by atoms with Crippen molar-refractivity contribution in [3.8, 4) is 0 Å². The first-order valence-electron chi connectivity index (χ1n) is 29.0. The van der Waals surface area contributed by atoms with Crippen molar-refractivity contribution in [2.45, 2.75) is 316 Å². The first-order chi connectivity index (χ1) is 32.5. The molecule has 0 radical (unpaired) electrons. The van der Waals surface area contributed by atoms with Gasteiger partial charge in [-0.15, -0.1) is 0 Å². The quantitative estimate of drug-likeness (QED) is 0.0199. The van der Waals surface area contributed by atoms with E-state index in [2.05, 4.69) is 57.2 Å². The van der Waals surface area contributed by atoms with Crippen molar-refractivity contribution < 1.29 is 28.6 Å². The largest absolute Gasteiger partial charge is 0.462 e. The zero-order valence-electron chi connectivity index (χ0n) is 44.2. The van der Waals surface area contributed by atoms with Gasteiger partial charge in [0.2, 0.25) is 0 Å². The molecule has 0 aromatic carbocycles. The van der Waals surface area contributed by atoms with E-state index in [1.165, 1.54) is 199 Å². The maximum Gasteiger partial charge on any atom is 0.306 e. The lowest BCUT2D eigenvalue weighted by Gasteiger charge is -2.18. The van der Waals surface area contributed by atoms with E-state index in [1.807, 2.05) is 0 Å². The molecule has 0 spiro atoms. The molecule has 0 aromatic rings. The van der Waals surface area contributed by atoms with Crippen LogP contribution in [-0.4, -0.2) is 37.2 Å². The summed E-state index contributed by atoms with van der Waals surface area (Å²) in [5.41, 5.74) is 0. The van der Waals surface area contributed by atoms with E-state index in [0.717, 1.165) is 70.6 Å². The summed E-state index contributed by atoms with van der Waals surface area (Å²) in [6, 6.07) is 0. The summed E-state index contributed by atoms with van der Waals surface area (Å²) in [4.78, 5) is 38.1. The summed E-state index contributed by atoms with van der Waals surface area (Å²) >= 11 is 0. The van der Waals surface area contributed by atoms with E-state index in [4.69, 9.17) is 14.2 Å². The highest BCUT2D eigenvalue weighted by atomic mass is 16.6. The predicted molar refractivity (Wildman–Crippen MR) is 284 cm³/mol. The average molecular weight is 928 g/mol. The van der Waals surface area contributed by atoms with Crippen molar-refractivity contribution in [3.63, 3.8) is 0 Å². The standard InChI is InChI=1S/C60H110O6/c1-4-7-10-13-16-19-22-25-28-29-30-31-33-35-38-41-44-47-50-53-59(62)65-56-57(55-64-58(61)52-49-46-43-40-37-34-27-24-21-18-15-12-9-6-3)66-60(63)54-51-48-45-42-39-36-32-26-23-20-17-14-11-8-5-2/h16,19,22,25,34,37,57H,4-15,17-18,20-21,23-24,26-33,35-36,38-56H2,1-3H3/b19-16-,25-22-,37-34-. The molecule has 0 rings (SSSR count). The number of carbonyl (C=O) groups excluding carboxylic acids is 3. The van der Waals surface area contributed by atoms with Crippen molar-refractivity contribution in [1.29, 1.82) is 0 Å². The monoisotopic (exact) mass is 927 g/mol. The first kappa shape index (κ1) is 63.6. The number of ether oxygens (including phenoxy) is 3. The van der Waals surface area contributed by atoms with Gasteiger partial charge in [0.1, 0.15) is 13.2 Å². The topological polar surface area (TPSA) is 78.9 Å². The highest BCUT2D eigenvalue weighted by Gasteiger charge is 2.19. The lowest BCUT2D eigenvalue weighted by atomic mass is 10.0. The second kappa shape index (κ2) is 55.2. The summed E-state index contributed by atoms with van der Waals surface area (Å²) in [6.07, 6.45) is 65.6. The number of carbonyl (C=O) groups is 3. The van der Waals surface area contributed by atoms with Gasteiger partial charge in [0.25, 0.3) is 0 Å². The molecule has 0 aliphatic rings. The zero-order chi connectivity index (χ0) is 47.9. The molecule has 0 aliphatic carbocycles. The van der Waals surface area contributed by atoms with Crippen molar-refractivity contribution in [2.75, 3.05) is 13.2 Å². The molecule has 0 aliphatic heterocycles. The van der Waals surface area contributed by atoms with E-state index in [-0.39, 0.29) is 31.1 Å². The zero-order valence-corrected chi connectivity index (χ0v) is 44.2. The fourth-order valence-electron chi connectivity index (χ4n) is 8.49. The van der Waals surface area contributed by atoms with Crippen molar-refractivity contribution >= 4 is 17.9 Å². The van der Waals surface area contributed by atoms with Gasteiger partial charge in [0.15, 0.2) is 6.10 Å². The molecule has 0 saturated carbocycles. The smallest absolute Gasteiger partial charge is 0.306 e. The molecule has 6 nitrogen and oxygen atoms in total. The van der Waals surface area contributed by atoms with Crippen LogP contribution in [0.15, 0.2) is 36.5 Å². The van der Waals surface area contributed by atoms with Gasteiger partial charge in [-0.3, -0.25) is 14.4 Å². The number of hydrogen-bond acceptors (Lipinski definition) is 6. The summed E-state index contributed by atoms with van der Waals surface area (Å²) in [5, 5.41) is 0. The van der Waals surface area contributed by atoms with E-state index < -0.39 is 6.10 Å². The van der Waals surface area contributed by atoms with Gasteiger partial charge in [-0.25, -0.2) is 0 Å². The average Bonchev–Trinajstić information content (AvgIpc) is 3.31. The second-order valence-electron chi connectivity index (χ2n) is 19.6. The summed E-state index contributed by atoms with van der Waals surface area (Å²) in [5.74, 6) is -0.877. The van der Waals surface area contributed by atoms with Crippen LogP contribution in [0.4, 0.5) is 0 Å². The molecule has 0 aromatic heterocycles. The van der Waals surface area contributed by atoms with Crippen LogP contribution < -0.4 is 0 Å². The summed E-state index contributed by atoms with van der Waals surface area (Å²) in [7, 11) is 0. The first-order valence-corrected chi connectivity index (χ1v) is 29.0. The van der Waals surface area contributed by atoms with Crippen LogP contribution in [-0.2, 0) is 28.6 Å². The molecule has 0 fully saturated rings. The molecule has 0 amide bonds. The van der Waals surface area contributed by atoms with Crippen LogP contribution in [0.1, 0.15) is 310 Å². The maximum atomic E-state index is 12.8. The minimum Gasteiger partial charge on any atom is -0.462 e. The highest BCUT2D eigenvalue weighted by Crippen LogP contribution is 2.16. The third-order valence-electron chi connectivity index (χ3n) is 12.9. The Labute approximate surface area is 410 Å². The van der Waals surface area contributed by atoms with Crippen LogP contribution in [0.3, 0.4) is 0 Å². The third-order valence-corrected chi connectivity index (χ3v) is 12.9. The Morgan fingerprint density at radius 2 is 0.545 bits per heavy atom. The van der Waals surface area contributed by atoms with Crippen molar-refractivity contribution in [3.05, 3.63) is 36.5 Å². The predicted octanol–water partition coefficient (Wildman–Crippen LogP) is 19.3. The van der Waals surface area contributed by atoms with Gasteiger partial charge < -0.3 is 14.2 Å². The van der Waals surface area contributed by atoms with Crippen LogP contribution >= 0.6 is 0 Å². The fraction of sp³-hybridized carbons (Fsp3) is 0.850. The SMILES string of the molecule is CCCCC/C=C\C=C/CCCCCCCCCCCCC(=O)OCC(COC(=O)CCCCC/C=C\CCCCCCCCC)OC(=O)CCCCCCCCCCCCCCCCC. The van der Waals surface area contributed by atoms with Crippen LogP contribution in [0.25, 0.3) is 0 Å². The van der Waals surface area contributed by atoms with Crippen LogP contribution in [0.5, 0.6) is 0 Å². The number of allylic oxidation sites excluding steroid dienone is 6. The van der Waals surface area contributed by atoms with E-state index in [0.29, 0.717) is 19.3 Å². The molecule has 1 atom stereocenters. The van der Waals surface area contributed by atoms with Crippen molar-refractivity contribution in [1.82, 2.24) is 0 Å². The Morgan fingerprint density at radius 3 is 0.894 bits per heavy atom. The van der Waals surface area contributed by atoms with Gasteiger partial charge >= 0.3 is 17.9 Å². The molecular weight excluding hydrogens is 817 g/mol. The van der Waals surface area contributed by atoms with Gasteiger partial charge in [-0.05, 0) is 70.6 Å². The van der Waals surface area contributed by atoms with Crippen LogP contribution in [0.2, 0.25) is 0 Å². The third kappa shape index (κ3) is 52.6. The van der Waals surface area contributed by atoms with E-state index >= 15 is 0 Å². The minimum absolute atomic E-state index is 0.0750. The minimum atomic E-state index is -0.776. The number of esters is 3. The number of rotatable bonds is 53. The normalized spacial score (nSPS) is 12.2. The Hall–Kier alpha value is -2.37.